The Morgan fingerprint density at radius 1 is 1.20 bits per heavy atom. The average Bonchev–Trinajstić information content (AvgIpc) is 2.42. The van der Waals surface area contributed by atoms with Crippen LogP contribution in [0.25, 0.3) is 0 Å². The van der Waals surface area contributed by atoms with Gasteiger partial charge in [-0.05, 0) is 18.2 Å². The lowest BCUT2D eigenvalue weighted by Crippen LogP contribution is -2.39. The number of aliphatic imine (C=N–C) groups is 1. The van der Waals surface area contributed by atoms with Crippen molar-refractivity contribution in [3.63, 3.8) is 0 Å². The van der Waals surface area contributed by atoms with Crippen LogP contribution in [0.4, 0.5) is 0 Å². The number of hydrogen-bond acceptors (Lipinski definition) is 2. The number of nitrogens with one attached hydrogen (secondary N) is 3. The van der Waals surface area contributed by atoms with E-state index in [1.54, 1.807) is 32.3 Å². The van der Waals surface area contributed by atoms with E-state index in [1.165, 1.54) is 0 Å². The Kier molecular flexibility index (Phi) is 9.70. The molecule has 1 aromatic carbocycles. The smallest absolute Gasteiger partial charge is 0.251 e. The number of hydrogen-bond donors (Lipinski definition) is 3. The van der Waals surface area contributed by atoms with E-state index in [0.717, 1.165) is 0 Å². The lowest BCUT2D eigenvalue weighted by molar-refractivity contribution is 0.0954. The van der Waals surface area contributed by atoms with E-state index in [-0.39, 0.29) is 29.9 Å². The minimum atomic E-state index is -0.195. The van der Waals surface area contributed by atoms with Gasteiger partial charge < -0.3 is 16.0 Å². The number of nitrogens with zero attached hydrogens (tertiary/aromatic N) is 1. The SMILES string of the molecule is CN=C(NC)NCCNC(=O)c1ccc(Cl)c(Cl)c1.I. The minimum absolute atomic E-state index is 0. The van der Waals surface area contributed by atoms with Gasteiger partial charge in [0.2, 0.25) is 0 Å². The molecule has 1 aromatic rings. The number of guanidine groups is 1. The van der Waals surface area contributed by atoms with Gasteiger partial charge in [-0.3, -0.25) is 9.79 Å². The van der Waals surface area contributed by atoms with Gasteiger partial charge in [-0.2, -0.15) is 0 Å². The van der Waals surface area contributed by atoms with Crippen LogP contribution in [-0.2, 0) is 0 Å². The zero-order valence-corrected chi connectivity index (χ0v) is 15.0. The molecule has 112 valence electrons. The van der Waals surface area contributed by atoms with Crippen molar-refractivity contribution in [3.8, 4) is 0 Å². The van der Waals surface area contributed by atoms with E-state index in [0.29, 0.717) is 34.7 Å². The van der Waals surface area contributed by atoms with Crippen molar-refractivity contribution in [2.45, 2.75) is 0 Å². The molecule has 0 aliphatic heterocycles. The van der Waals surface area contributed by atoms with Gasteiger partial charge in [0.25, 0.3) is 5.91 Å². The molecular formula is C12H17Cl2IN4O. The highest BCUT2D eigenvalue weighted by Gasteiger charge is 2.07. The molecule has 5 nitrogen and oxygen atoms in total. The quantitative estimate of drug-likeness (QED) is 0.297. The summed E-state index contributed by atoms with van der Waals surface area (Å²) < 4.78 is 0. The van der Waals surface area contributed by atoms with Crippen LogP contribution in [0, 0.1) is 0 Å². The molecule has 0 aliphatic rings. The molecule has 0 radical (unpaired) electrons. The van der Waals surface area contributed by atoms with E-state index in [1.807, 2.05) is 0 Å². The van der Waals surface area contributed by atoms with Gasteiger partial charge in [0.15, 0.2) is 5.96 Å². The number of rotatable bonds is 4. The first kappa shape index (κ1) is 19.3. The molecule has 0 aliphatic carbocycles. The molecule has 8 heteroatoms. The van der Waals surface area contributed by atoms with Gasteiger partial charge in [0.05, 0.1) is 10.0 Å². The number of amides is 1. The second kappa shape index (κ2) is 10.1. The Morgan fingerprint density at radius 2 is 1.85 bits per heavy atom. The lowest BCUT2D eigenvalue weighted by atomic mass is 10.2. The molecular weight excluding hydrogens is 414 g/mol. The van der Waals surface area contributed by atoms with Crippen molar-refractivity contribution in [2.24, 2.45) is 4.99 Å². The van der Waals surface area contributed by atoms with Gasteiger partial charge in [-0.1, -0.05) is 23.2 Å². The molecule has 0 atom stereocenters. The second-order valence-corrected chi connectivity index (χ2v) is 4.45. The van der Waals surface area contributed by atoms with Crippen LogP contribution < -0.4 is 16.0 Å². The number of carbonyl (C=O) groups excluding carboxylic acids is 1. The topological polar surface area (TPSA) is 65.5 Å². The fourth-order valence-corrected chi connectivity index (χ4v) is 1.67. The zero-order chi connectivity index (χ0) is 14.3. The highest BCUT2D eigenvalue weighted by molar-refractivity contribution is 14.0. The van der Waals surface area contributed by atoms with Crippen LogP contribution in [0.2, 0.25) is 10.0 Å². The molecule has 1 amide bonds. The lowest BCUT2D eigenvalue weighted by Gasteiger charge is -2.09. The highest BCUT2D eigenvalue weighted by Crippen LogP contribution is 2.22. The fraction of sp³-hybridized carbons (Fsp3) is 0.333. The van der Waals surface area contributed by atoms with Crippen LogP contribution in [0.15, 0.2) is 23.2 Å². The Labute approximate surface area is 145 Å². The number of benzene rings is 1. The first-order valence-corrected chi connectivity index (χ1v) is 6.45. The summed E-state index contributed by atoms with van der Waals surface area (Å²) in [7, 11) is 3.44. The van der Waals surface area contributed by atoms with Gasteiger partial charge >= 0.3 is 0 Å². The first-order chi connectivity index (χ1) is 9.08. The van der Waals surface area contributed by atoms with Crippen molar-refractivity contribution >= 4 is 59.0 Å². The number of halogens is 3. The molecule has 0 saturated carbocycles. The van der Waals surface area contributed by atoms with Crippen molar-refractivity contribution in [1.82, 2.24) is 16.0 Å². The third-order valence-corrected chi connectivity index (χ3v) is 3.08. The Bertz CT molecular complexity index is 483. The van der Waals surface area contributed by atoms with E-state index in [4.69, 9.17) is 23.2 Å². The molecule has 0 unspecified atom stereocenters. The largest absolute Gasteiger partial charge is 0.359 e. The van der Waals surface area contributed by atoms with Gasteiger partial charge in [0.1, 0.15) is 0 Å². The van der Waals surface area contributed by atoms with Crippen LogP contribution >= 0.6 is 47.2 Å². The van der Waals surface area contributed by atoms with Crippen molar-refractivity contribution in [2.75, 3.05) is 27.2 Å². The second-order valence-electron chi connectivity index (χ2n) is 3.63. The third kappa shape index (κ3) is 6.15. The summed E-state index contributed by atoms with van der Waals surface area (Å²) in [6.45, 7) is 1.04. The molecule has 20 heavy (non-hydrogen) atoms. The minimum Gasteiger partial charge on any atom is -0.359 e. The first-order valence-electron chi connectivity index (χ1n) is 5.70. The molecule has 0 saturated heterocycles. The summed E-state index contributed by atoms with van der Waals surface area (Å²) in [5, 5.41) is 9.46. The number of carbonyl (C=O) groups is 1. The van der Waals surface area contributed by atoms with Crippen LogP contribution in [0.5, 0.6) is 0 Å². The summed E-state index contributed by atoms with van der Waals surface area (Å²) in [5.41, 5.74) is 0.479. The molecule has 1 rings (SSSR count). The van der Waals surface area contributed by atoms with Crippen molar-refractivity contribution in [1.29, 1.82) is 0 Å². The summed E-state index contributed by atoms with van der Waals surface area (Å²) >= 11 is 11.6. The Balaban J connectivity index is 0.00000361. The monoisotopic (exact) mass is 430 g/mol. The normalized spacial score (nSPS) is 10.5. The molecule has 0 spiro atoms. The summed E-state index contributed by atoms with van der Waals surface area (Å²) in [5.74, 6) is 0.476. The molecule has 0 heterocycles. The van der Waals surface area contributed by atoms with E-state index >= 15 is 0 Å². The van der Waals surface area contributed by atoms with Crippen LogP contribution in [-0.4, -0.2) is 39.1 Å². The molecule has 3 N–H and O–H groups in total. The van der Waals surface area contributed by atoms with E-state index < -0.39 is 0 Å². The highest BCUT2D eigenvalue weighted by atomic mass is 127. The maximum absolute atomic E-state index is 11.8. The molecule has 0 fully saturated rings. The predicted octanol–water partition coefficient (Wildman–Crippen LogP) is 2.14. The molecule has 0 aromatic heterocycles. The van der Waals surface area contributed by atoms with E-state index in [9.17, 15) is 4.79 Å². The third-order valence-electron chi connectivity index (χ3n) is 2.35. The van der Waals surface area contributed by atoms with Crippen LogP contribution in [0.1, 0.15) is 10.4 Å². The van der Waals surface area contributed by atoms with Gasteiger partial charge in [0, 0.05) is 32.7 Å². The summed E-state index contributed by atoms with van der Waals surface area (Å²) in [6, 6.07) is 4.77. The van der Waals surface area contributed by atoms with Gasteiger partial charge in [-0.25, -0.2) is 0 Å². The fourth-order valence-electron chi connectivity index (χ4n) is 1.38. The maximum atomic E-state index is 11.8. The summed E-state index contributed by atoms with van der Waals surface area (Å²) in [6.07, 6.45) is 0. The standard InChI is InChI=1S/C12H16Cl2N4O.HI/c1-15-12(16-2)18-6-5-17-11(19)8-3-4-9(13)10(14)7-8;/h3-4,7H,5-6H2,1-2H3,(H,17,19)(H2,15,16,18);1H. The van der Waals surface area contributed by atoms with Gasteiger partial charge in [-0.15, -0.1) is 24.0 Å². The summed E-state index contributed by atoms with van der Waals surface area (Å²) in [4.78, 5) is 15.8. The Morgan fingerprint density at radius 3 is 2.40 bits per heavy atom. The van der Waals surface area contributed by atoms with Crippen molar-refractivity contribution in [3.05, 3.63) is 33.8 Å². The average molecular weight is 431 g/mol. The zero-order valence-electron chi connectivity index (χ0n) is 11.2. The Hall–Kier alpha value is -0.730. The maximum Gasteiger partial charge on any atom is 0.251 e. The van der Waals surface area contributed by atoms with E-state index in [2.05, 4.69) is 20.9 Å². The predicted molar refractivity (Wildman–Crippen MR) is 94.6 cm³/mol. The van der Waals surface area contributed by atoms with Crippen LogP contribution in [0.3, 0.4) is 0 Å². The molecule has 0 bridgehead atoms. The van der Waals surface area contributed by atoms with Crippen molar-refractivity contribution < 1.29 is 4.79 Å².